The monoisotopic (exact) mass is 279 g/mol. The largest absolute Gasteiger partial charge is 0.376 e. The highest BCUT2D eigenvalue weighted by Gasteiger charge is 2.18. The number of anilines is 1. The number of hydrogen-bond donors (Lipinski definition) is 0. The van der Waals surface area contributed by atoms with Crippen molar-refractivity contribution in [1.29, 1.82) is 0 Å². The third-order valence-corrected chi connectivity index (χ3v) is 3.57. The molecule has 1 aliphatic rings. The summed E-state index contributed by atoms with van der Waals surface area (Å²) in [7, 11) is 1.92. The summed E-state index contributed by atoms with van der Waals surface area (Å²) in [6.07, 6.45) is 7.10. The van der Waals surface area contributed by atoms with Crippen LogP contribution < -0.4 is 10.5 Å². The molecule has 1 aliphatic heterocycles. The maximum absolute atomic E-state index is 12.4. The minimum absolute atomic E-state index is 0.0143. The Morgan fingerprint density at radius 2 is 2.30 bits per heavy atom. The standard InChI is InChI=1S/C15H25N3O2/c1-12(2)10-18-8-7-16-14(15(18)19)17(3)11-13-6-4-5-9-20-13/h7-8,12-13H,4-6,9-11H2,1-3H3. The molecule has 1 aromatic rings. The number of nitrogens with zero attached hydrogens (tertiary/aromatic N) is 3. The fraction of sp³-hybridized carbons (Fsp3) is 0.733. The van der Waals surface area contributed by atoms with Gasteiger partial charge < -0.3 is 14.2 Å². The predicted octanol–water partition coefficient (Wildman–Crippen LogP) is 1.90. The third-order valence-electron chi connectivity index (χ3n) is 3.57. The van der Waals surface area contributed by atoms with E-state index in [1.165, 1.54) is 6.42 Å². The molecule has 0 saturated carbocycles. The molecule has 1 saturated heterocycles. The van der Waals surface area contributed by atoms with Crippen molar-refractivity contribution < 1.29 is 4.74 Å². The zero-order valence-electron chi connectivity index (χ0n) is 12.7. The quantitative estimate of drug-likeness (QED) is 0.826. The molecule has 5 nitrogen and oxygen atoms in total. The first-order chi connectivity index (χ1) is 9.58. The molecule has 20 heavy (non-hydrogen) atoms. The van der Waals surface area contributed by atoms with Gasteiger partial charge in [0.1, 0.15) is 0 Å². The second-order valence-electron chi connectivity index (χ2n) is 5.97. The number of rotatable bonds is 5. The van der Waals surface area contributed by atoms with E-state index < -0.39 is 0 Å². The first kappa shape index (κ1) is 15.0. The maximum Gasteiger partial charge on any atom is 0.293 e. The van der Waals surface area contributed by atoms with Crippen LogP contribution in [0.2, 0.25) is 0 Å². The average Bonchev–Trinajstić information content (AvgIpc) is 2.41. The van der Waals surface area contributed by atoms with E-state index in [1.807, 2.05) is 11.9 Å². The van der Waals surface area contributed by atoms with Gasteiger partial charge in [0.25, 0.3) is 5.56 Å². The van der Waals surface area contributed by atoms with E-state index in [2.05, 4.69) is 18.8 Å². The summed E-state index contributed by atoms with van der Waals surface area (Å²) in [5, 5.41) is 0. The van der Waals surface area contributed by atoms with Crippen LogP contribution in [0.3, 0.4) is 0 Å². The summed E-state index contributed by atoms with van der Waals surface area (Å²) in [5.74, 6) is 0.956. The Bertz CT molecular complexity index is 478. The fourth-order valence-electron chi connectivity index (χ4n) is 2.58. The fourth-order valence-corrected chi connectivity index (χ4v) is 2.58. The van der Waals surface area contributed by atoms with E-state index in [4.69, 9.17) is 4.74 Å². The molecule has 0 N–H and O–H groups in total. The van der Waals surface area contributed by atoms with E-state index in [-0.39, 0.29) is 11.7 Å². The molecule has 5 heteroatoms. The highest BCUT2D eigenvalue weighted by molar-refractivity contribution is 5.34. The number of ether oxygens (including phenoxy) is 1. The van der Waals surface area contributed by atoms with Crippen LogP contribution in [0, 0.1) is 5.92 Å². The average molecular weight is 279 g/mol. The van der Waals surface area contributed by atoms with Gasteiger partial charge >= 0.3 is 0 Å². The maximum atomic E-state index is 12.4. The molecule has 0 aliphatic carbocycles. The van der Waals surface area contributed by atoms with Crippen LogP contribution >= 0.6 is 0 Å². The topological polar surface area (TPSA) is 47.4 Å². The van der Waals surface area contributed by atoms with Gasteiger partial charge in [0.15, 0.2) is 5.82 Å². The summed E-state index contributed by atoms with van der Waals surface area (Å²) in [6.45, 7) is 6.49. The van der Waals surface area contributed by atoms with Crippen molar-refractivity contribution in [3.63, 3.8) is 0 Å². The van der Waals surface area contributed by atoms with Crippen LogP contribution in [0.25, 0.3) is 0 Å². The van der Waals surface area contributed by atoms with Crippen LogP contribution in [0.15, 0.2) is 17.2 Å². The molecule has 1 atom stereocenters. The van der Waals surface area contributed by atoms with Gasteiger partial charge in [-0.25, -0.2) is 4.98 Å². The molecular formula is C15H25N3O2. The molecule has 112 valence electrons. The molecule has 0 aromatic carbocycles. The van der Waals surface area contributed by atoms with Crippen LogP contribution in [0.4, 0.5) is 5.82 Å². The second-order valence-corrected chi connectivity index (χ2v) is 5.97. The van der Waals surface area contributed by atoms with E-state index in [0.717, 1.165) is 32.5 Å². The molecule has 0 radical (unpaired) electrons. The lowest BCUT2D eigenvalue weighted by Crippen LogP contribution is -2.38. The van der Waals surface area contributed by atoms with Crippen LogP contribution in [0.5, 0.6) is 0 Å². The van der Waals surface area contributed by atoms with Crippen molar-refractivity contribution in [3.8, 4) is 0 Å². The SMILES string of the molecule is CC(C)Cn1ccnc(N(C)CC2CCCCO2)c1=O. The van der Waals surface area contributed by atoms with Crippen molar-refractivity contribution in [3.05, 3.63) is 22.7 Å². The number of likely N-dealkylation sites (N-methyl/N-ethyl adjacent to an activating group) is 1. The van der Waals surface area contributed by atoms with E-state index in [1.54, 1.807) is 17.0 Å². The van der Waals surface area contributed by atoms with Gasteiger partial charge in [0.05, 0.1) is 6.10 Å². The van der Waals surface area contributed by atoms with Gasteiger partial charge in [-0.1, -0.05) is 13.8 Å². The van der Waals surface area contributed by atoms with Gasteiger partial charge in [0.2, 0.25) is 0 Å². The van der Waals surface area contributed by atoms with Crippen LogP contribution in [0.1, 0.15) is 33.1 Å². The third kappa shape index (κ3) is 3.82. The van der Waals surface area contributed by atoms with Crippen molar-refractivity contribution in [1.82, 2.24) is 9.55 Å². The van der Waals surface area contributed by atoms with Crippen molar-refractivity contribution in [2.24, 2.45) is 5.92 Å². The first-order valence-corrected chi connectivity index (χ1v) is 7.46. The molecule has 1 unspecified atom stereocenters. The highest BCUT2D eigenvalue weighted by atomic mass is 16.5. The Kier molecular flexibility index (Phi) is 5.17. The lowest BCUT2D eigenvalue weighted by molar-refractivity contribution is 0.0215. The number of hydrogen-bond acceptors (Lipinski definition) is 4. The van der Waals surface area contributed by atoms with Crippen LogP contribution in [-0.4, -0.2) is 35.9 Å². The number of aromatic nitrogens is 2. The molecule has 0 spiro atoms. The molecule has 0 bridgehead atoms. The van der Waals surface area contributed by atoms with Crippen molar-refractivity contribution in [2.75, 3.05) is 25.1 Å². The predicted molar refractivity (Wildman–Crippen MR) is 80.2 cm³/mol. The smallest absolute Gasteiger partial charge is 0.293 e. The van der Waals surface area contributed by atoms with E-state index in [0.29, 0.717) is 11.7 Å². The van der Waals surface area contributed by atoms with E-state index >= 15 is 0 Å². The lowest BCUT2D eigenvalue weighted by Gasteiger charge is -2.27. The van der Waals surface area contributed by atoms with Crippen molar-refractivity contribution >= 4 is 5.82 Å². The summed E-state index contributed by atoms with van der Waals surface area (Å²) in [6, 6.07) is 0. The van der Waals surface area contributed by atoms with Gasteiger partial charge in [-0.05, 0) is 25.2 Å². The Hall–Kier alpha value is -1.36. The van der Waals surface area contributed by atoms with Gasteiger partial charge in [0, 0.05) is 39.1 Å². The molecular weight excluding hydrogens is 254 g/mol. The second kappa shape index (κ2) is 6.88. The van der Waals surface area contributed by atoms with Crippen LogP contribution in [-0.2, 0) is 11.3 Å². The van der Waals surface area contributed by atoms with Gasteiger partial charge in [-0.2, -0.15) is 0 Å². The zero-order chi connectivity index (χ0) is 14.5. The van der Waals surface area contributed by atoms with Gasteiger partial charge in [-0.15, -0.1) is 0 Å². The summed E-state index contributed by atoms with van der Waals surface area (Å²) >= 11 is 0. The summed E-state index contributed by atoms with van der Waals surface area (Å²) in [5.41, 5.74) is -0.0143. The van der Waals surface area contributed by atoms with E-state index in [9.17, 15) is 4.79 Å². The summed E-state index contributed by atoms with van der Waals surface area (Å²) < 4.78 is 7.47. The zero-order valence-corrected chi connectivity index (χ0v) is 12.7. The minimum Gasteiger partial charge on any atom is -0.376 e. The molecule has 1 aromatic heterocycles. The molecule has 0 amide bonds. The molecule has 2 heterocycles. The Morgan fingerprint density at radius 3 is 2.95 bits per heavy atom. The molecule has 2 rings (SSSR count). The lowest BCUT2D eigenvalue weighted by atomic mass is 10.1. The van der Waals surface area contributed by atoms with Crippen molar-refractivity contribution in [2.45, 2.75) is 45.8 Å². The normalized spacial score (nSPS) is 19.3. The summed E-state index contributed by atoms with van der Waals surface area (Å²) in [4.78, 5) is 18.6. The highest BCUT2D eigenvalue weighted by Crippen LogP contribution is 2.14. The Morgan fingerprint density at radius 1 is 1.50 bits per heavy atom. The Balaban J connectivity index is 2.08. The van der Waals surface area contributed by atoms with Gasteiger partial charge in [-0.3, -0.25) is 4.79 Å². The molecule has 1 fully saturated rings. The Labute approximate surface area is 120 Å². The minimum atomic E-state index is -0.0143. The first-order valence-electron chi connectivity index (χ1n) is 7.46.